The molecule has 4 atom stereocenters. The van der Waals surface area contributed by atoms with E-state index in [9.17, 15) is 18.3 Å². The molecular weight excluding hydrogens is 314 g/mol. The second kappa shape index (κ2) is 5.31. The van der Waals surface area contributed by atoms with Crippen LogP contribution in [0.2, 0.25) is 0 Å². The maximum absolute atomic E-state index is 12.7. The lowest BCUT2D eigenvalue weighted by atomic mass is 9.69. The van der Waals surface area contributed by atoms with Crippen LogP contribution in [0.15, 0.2) is 12.2 Å². The van der Waals surface area contributed by atoms with Crippen molar-refractivity contribution in [2.75, 3.05) is 5.75 Å². The molecule has 2 aliphatic carbocycles. The van der Waals surface area contributed by atoms with Gasteiger partial charge in [-0.25, -0.2) is 12.7 Å². The van der Waals surface area contributed by atoms with Crippen molar-refractivity contribution in [3.63, 3.8) is 0 Å². The summed E-state index contributed by atoms with van der Waals surface area (Å²) < 4.78 is 26.4. The van der Waals surface area contributed by atoms with Crippen molar-refractivity contribution in [3.05, 3.63) is 12.2 Å². The van der Waals surface area contributed by atoms with Crippen molar-refractivity contribution < 1.29 is 18.3 Å². The Balaban J connectivity index is 1.89. The van der Waals surface area contributed by atoms with Gasteiger partial charge in [0.2, 0.25) is 10.0 Å². The van der Waals surface area contributed by atoms with Crippen LogP contribution in [0.4, 0.5) is 0 Å². The highest BCUT2D eigenvalue weighted by Crippen LogP contribution is 2.69. The number of aliphatic hydroxyl groups is 1. The molecular formula is C17H27NO4S. The van der Waals surface area contributed by atoms with Gasteiger partial charge in [0, 0.05) is 11.8 Å². The van der Waals surface area contributed by atoms with Crippen molar-refractivity contribution in [2.45, 2.75) is 65.0 Å². The number of hydrogen-bond donors (Lipinski definition) is 1. The molecule has 0 aromatic rings. The lowest BCUT2D eigenvalue weighted by molar-refractivity contribution is -0.137. The monoisotopic (exact) mass is 341 g/mol. The van der Waals surface area contributed by atoms with Gasteiger partial charge in [-0.15, -0.1) is 0 Å². The fourth-order valence-corrected chi connectivity index (χ4v) is 7.79. The maximum atomic E-state index is 12.7. The summed E-state index contributed by atoms with van der Waals surface area (Å²) in [5.41, 5.74) is -0.391. The Kier molecular flexibility index (Phi) is 3.92. The third kappa shape index (κ3) is 2.21. The summed E-state index contributed by atoms with van der Waals surface area (Å²) in [4.78, 5) is 12.6. The van der Waals surface area contributed by atoms with E-state index in [4.69, 9.17) is 0 Å². The summed E-state index contributed by atoms with van der Waals surface area (Å²) in [5, 5.41) is 10.1. The quantitative estimate of drug-likeness (QED) is 0.794. The average molecular weight is 341 g/mol. The van der Waals surface area contributed by atoms with E-state index in [1.54, 1.807) is 6.08 Å². The molecule has 1 N–H and O–H groups in total. The highest BCUT2D eigenvalue weighted by Gasteiger charge is 2.72. The molecule has 130 valence electrons. The Labute approximate surface area is 138 Å². The Bertz CT molecular complexity index is 639. The normalized spacial score (nSPS) is 38.2. The number of hydrogen-bond acceptors (Lipinski definition) is 4. The summed E-state index contributed by atoms with van der Waals surface area (Å²) in [6, 6.07) is -0.265. The largest absolute Gasteiger partial charge is 0.383 e. The first-order valence-corrected chi connectivity index (χ1v) is 10.2. The summed E-state index contributed by atoms with van der Waals surface area (Å²) in [5.74, 6) is -0.122. The van der Waals surface area contributed by atoms with Crippen LogP contribution in [-0.4, -0.2) is 41.6 Å². The van der Waals surface area contributed by atoms with Gasteiger partial charge in [0.1, 0.15) is 6.10 Å². The highest BCUT2D eigenvalue weighted by molar-refractivity contribution is 7.90. The van der Waals surface area contributed by atoms with Gasteiger partial charge in [0.15, 0.2) is 0 Å². The second-order valence-corrected chi connectivity index (χ2v) is 9.73. The molecule has 23 heavy (non-hydrogen) atoms. The number of carbonyl (C=O) groups excluding carboxylic acids is 1. The molecule has 0 aromatic heterocycles. The van der Waals surface area contributed by atoms with Crippen LogP contribution in [0.3, 0.4) is 0 Å². The molecule has 1 aliphatic heterocycles. The number of nitrogens with zero attached hydrogens (tertiary/aromatic N) is 1. The summed E-state index contributed by atoms with van der Waals surface area (Å²) >= 11 is 0. The molecule has 3 aliphatic rings. The molecule has 1 spiro atoms. The minimum Gasteiger partial charge on any atom is -0.383 e. The predicted molar refractivity (Wildman–Crippen MR) is 88.0 cm³/mol. The highest BCUT2D eigenvalue weighted by atomic mass is 32.2. The standard InChI is InChI=1S/C17H27NO4S/c1-4-5-6-7-13(19)15(20)18-14-10-12-8-9-17(14,16(12,2)3)11-23(18,21)22/h5-6,12-14,19H,4,7-11H2,1-3H3/b6-5+/t12-,13-,14-,17-/m1/s1. The van der Waals surface area contributed by atoms with Crippen LogP contribution >= 0.6 is 0 Å². The number of fused-ring (bicyclic) bond motifs is 1. The fraction of sp³-hybridized carbons (Fsp3) is 0.824. The first kappa shape index (κ1) is 17.0. The molecule has 3 rings (SSSR count). The average Bonchev–Trinajstić information content (AvgIpc) is 2.93. The molecule has 2 saturated carbocycles. The lowest BCUT2D eigenvalue weighted by Gasteiger charge is -2.37. The van der Waals surface area contributed by atoms with Gasteiger partial charge in [-0.1, -0.05) is 32.9 Å². The van der Waals surface area contributed by atoms with Crippen LogP contribution < -0.4 is 0 Å². The van der Waals surface area contributed by atoms with Gasteiger partial charge in [-0.2, -0.15) is 0 Å². The minimum atomic E-state index is -3.64. The van der Waals surface area contributed by atoms with E-state index in [2.05, 4.69) is 13.8 Å². The fourth-order valence-electron chi connectivity index (χ4n) is 5.22. The van der Waals surface area contributed by atoms with Crippen molar-refractivity contribution in [1.29, 1.82) is 0 Å². The van der Waals surface area contributed by atoms with Crippen LogP contribution in [-0.2, 0) is 14.8 Å². The molecule has 2 bridgehead atoms. The molecule has 0 radical (unpaired) electrons. The SMILES string of the molecule is CC/C=C/C[C@@H](O)C(=O)N1[C@@H]2C[C@H]3CC[C@]2(CS1(=O)=O)C3(C)C. The lowest BCUT2D eigenvalue weighted by Crippen LogP contribution is -2.47. The Morgan fingerprint density at radius 1 is 1.39 bits per heavy atom. The topological polar surface area (TPSA) is 74.7 Å². The van der Waals surface area contributed by atoms with Crippen LogP contribution in [0, 0.1) is 16.7 Å². The predicted octanol–water partition coefficient (Wildman–Crippen LogP) is 2.07. The minimum absolute atomic E-state index is 0.0530. The second-order valence-electron chi connectivity index (χ2n) is 7.89. The molecule has 1 saturated heterocycles. The van der Waals surface area contributed by atoms with E-state index in [1.165, 1.54) is 0 Å². The smallest absolute Gasteiger partial charge is 0.265 e. The van der Waals surface area contributed by atoms with Crippen LogP contribution in [0.1, 0.15) is 52.9 Å². The number of sulfonamides is 1. The van der Waals surface area contributed by atoms with Gasteiger partial charge >= 0.3 is 0 Å². The van der Waals surface area contributed by atoms with Gasteiger partial charge < -0.3 is 5.11 Å². The van der Waals surface area contributed by atoms with Crippen molar-refractivity contribution in [3.8, 4) is 0 Å². The first-order valence-electron chi connectivity index (χ1n) is 8.56. The van der Waals surface area contributed by atoms with Crippen LogP contribution in [0.5, 0.6) is 0 Å². The van der Waals surface area contributed by atoms with Crippen molar-refractivity contribution in [2.24, 2.45) is 16.7 Å². The Morgan fingerprint density at radius 2 is 2.09 bits per heavy atom. The van der Waals surface area contributed by atoms with Gasteiger partial charge in [-0.3, -0.25) is 4.79 Å². The van der Waals surface area contributed by atoms with Crippen LogP contribution in [0.25, 0.3) is 0 Å². The zero-order valence-corrected chi connectivity index (χ0v) is 15.0. The molecule has 1 amide bonds. The summed E-state index contributed by atoms with van der Waals surface area (Å²) in [6.07, 6.45) is 5.99. The van der Waals surface area contributed by atoms with E-state index >= 15 is 0 Å². The maximum Gasteiger partial charge on any atom is 0.265 e. The first-order chi connectivity index (χ1) is 10.7. The zero-order chi connectivity index (χ0) is 17.0. The van der Waals surface area contributed by atoms with Gasteiger partial charge in [0.25, 0.3) is 5.91 Å². The summed E-state index contributed by atoms with van der Waals surface area (Å²) in [7, 11) is -3.64. The summed E-state index contributed by atoms with van der Waals surface area (Å²) in [6.45, 7) is 6.26. The molecule has 3 fully saturated rings. The van der Waals surface area contributed by atoms with Gasteiger partial charge in [-0.05, 0) is 37.0 Å². The number of carbonyl (C=O) groups is 1. The van der Waals surface area contributed by atoms with Crippen molar-refractivity contribution in [1.82, 2.24) is 4.31 Å². The number of aliphatic hydroxyl groups excluding tert-OH is 1. The van der Waals surface area contributed by atoms with E-state index < -0.39 is 22.0 Å². The third-order valence-corrected chi connectivity index (χ3v) is 8.59. The molecule has 1 heterocycles. The molecule has 6 heteroatoms. The number of rotatable bonds is 4. The van der Waals surface area contributed by atoms with E-state index in [0.717, 1.165) is 30.0 Å². The molecule has 0 unspecified atom stereocenters. The van der Waals surface area contributed by atoms with E-state index in [0.29, 0.717) is 5.92 Å². The third-order valence-electron chi connectivity index (χ3n) is 6.68. The van der Waals surface area contributed by atoms with Crippen molar-refractivity contribution >= 4 is 15.9 Å². The van der Waals surface area contributed by atoms with E-state index in [-0.39, 0.29) is 29.0 Å². The molecule has 0 aromatic carbocycles. The Hall–Kier alpha value is -0.880. The Morgan fingerprint density at radius 3 is 2.70 bits per heavy atom. The zero-order valence-electron chi connectivity index (χ0n) is 14.2. The van der Waals surface area contributed by atoms with E-state index in [1.807, 2.05) is 13.0 Å². The number of amides is 1. The number of allylic oxidation sites excluding steroid dienone is 1. The van der Waals surface area contributed by atoms with Gasteiger partial charge in [0.05, 0.1) is 11.8 Å². The molecule has 5 nitrogen and oxygen atoms in total.